The highest BCUT2D eigenvalue weighted by molar-refractivity contribution is 6.07. The number of aryl methyl sites for hydroxylation is 1. The van der Waals surface area contributed by atoms with Gasteiger partial charge in [0.2, 0.25) is 0 Å². The number of carbonyl (C=O) groups excluding carboxylic acids is 1. The van der Waals surface area contributed by atoms with Crippen molar-refractivity contribution in [1.29, 1.82) is 0 Å². The van der Waals surface area contributed by atoms with Gasteiger partial charge in [-0.3, -0.25) is 10.1 Å². The number of aromatic nitrogens is 1. The van der Waals surface area contributed by atoms with Crippen LogP contribution in [0.4, 0.5) is 5.69 Å². The first kappa shape index (κ1) is 24.7. The van der Waals surface area contributed by atoms with Gasteiger partial charge in [-0.1, -0.05) is 6.07 Å². The molecule has 0 spiro atoms. The van der Waals surface area contributed by atoms with Gasteiger partial charge < -0.3 is 19.2 Å². The zero-order chi connectivity index (χ0) is 25.7. The van der Waals surface area contributed by atoms with E-state index in [9.17, 15) is 14.9 Å². The first-order valence-corrected chi connectivity index (χ1v) is 11.8. The molecule has 0 amide bonds. The molecule has 0 radical (unpaired) electrons. The number of H-pyrrole nitrogens is 1. The third-order valence-electron chi connectivity index (χ3n) is 6.58. The zero-order valence-electron chi connectivity index (χ0n) is 21.3. The van der Waals surface area contributed by atoms with Gasteiger partial charge in [0.15, 0.2) is 6.10 Å². The standard InChI is InChI=1S/C27H32N2O6/c1-14-13-28-23-20(14)22(18-10-11-19-17(15(18)2)9-8-12-34-19)21(16(3)24(23)29(31)32)25(26(30)33-7)35-27(4,5)6/h10-11,13,25,28H,8-9,12H2,1-7H3. The maximum Gasteiger partial charge on any atom is 0.339 e. The Morgan fingerprint density at radius 3 is 2.54 bits per heavy atom. The number of nitro groups is 1. The van der Waals surface area contributed by atoms with Gasteiger partial charge in [-0.2, -0.15) is 0 Å². The lowest BCUT2D eigenvalue weighted by molar-refractivity contribution is -0.383. The molecular weight excluding hydrogens is 448 g/mol. The molecule has 0 aliphatic carbocycles. The van der Waals surface area contributed by atoms with Crippen LogP contribution >= 0.6 is 0 Å². The second kappa shape index (κ2) is 9.00. The van der Waals surface area contributed by atoms with Crippen LogP contribution in [0.2, 0.25) is 0 Å². The summed E-state index contributed by atoms with van der Waals surface area (Å²) in [7, 11) is 1.30. The van der Waals surface area contributed by atoms with Crippen LogP contribution in [0.25, 0.3) is 22.0 Å². The summed E-state index contributed by atoms with van der Waals surface area (Å²) in [5, 5.41) is 13.0. The van der Waals surface area contributed by atoms with Gasteiger partial charge in [-0.15, -0.1) is 0 Å². The number of hydrogen-bond donors (Lipinski definition) is 1. The number of aromatic amines is 1. The second-order valence-corrected chi connectivity index (χ2v) is 10.0. The molecule has 1 N–H and O–H groups in total. The highest BCUT2D eigenvalue weighted by Crippen LogP contribution is 2.48. The molecule has 0 bridgehead atoms. The van der Waals surface area contributed by atoms with Crippen molar-refractivity contribution in [3.63, 3.8) is 0 Å². The van der Waals surface area contributed by atoms with Gasteiger partial charge in [-0.25, -0.2) is 4.79 Å². The summed E-state index contributed by atoms with van der Waals surface area (Å²) in [6.45, 7) is 11.8. The smallest absolute Gasteiger partial charge is 0.339 e. The van der Waals surface area contributed by atoms with Gasteiger partial charge in [0.25, 0.3) is 5.69 Å². The van der Waals surface area contributed by atoms with Crippen molar-refractivity contribution in [2.24, 2.45) is 0 Å². The SMILES string of the molecule is COC(=O)C(OC(C)(C)C)c1c(C)c([N+](=O)[O-])c2[nH]cc(C)c2c1-c1ccc2c(c1C)CCCO2. The van der Waals surface area contributed by atoms with E-state index in [-0.39, 0.29) is 5.69 Å². The number of esters is 1. The van der Waals surface area contributed by atoms with Gasteiger partial charge in [-0.05, 0) is 88.3 Å². The third-order valence-corrected chi connectivity index (χ3v) is 6.58. The van der Waals surface area contributed by atoms with Crippen LogP contribution in [0.5, 0.6) is 5.75 Å². The molecule has 0 saturated carbocycles. The van der Waals surface area contributed by atoms with Crippen LogP contribution in [0, 0.1) is 30.9 Å². The Balaban J connectivity index is 2.18. The summed E-state index contributed by atoms with van der Waals surface area (Å²) in [6.07, 6.45) is 2.41. The predicted molar refractivity (Wildman–Crippen MR) is 134 cm³/mol. The van der Waals surface area contributed by atoms with Crippen molar-refractivity contribution in [2.45, 2.75) is 66.1 Å². The van der Waals surface area contributed by atoms with Crippen LogP contribution < -0.4 is 4.74 Å². The second-order valence-electron chi connectivity index (χ2n) is 10.0. The topological polar surface area (TPSA) is 104 Å². The van der Waals surface area contributed by atoms with Crippen LogP contribution in [0.3, 0.4) is 0 Å². The number of nitrogens with one attached hydrogen (secondary N) is 1. The highest BCUT2D eigenvalue weighted by atomic mass is 16.6. The number of fused-ring (bicyclic) bond motifs is 2. The fourth-order valence-corrected chi connectivity index (χ4v) is 5.07. The number of hydrogen-bond acceptors (Lipinski definition) is 6. The summed E-state index contributed by atoms with van der Waals surface area (Å²) in [4.78, 5) is 28.1. The summed E-state index contributed by atoms with van der Waals surface area (Å²) in [6, 6.07) is 3.92. The van der Waals surface area contributed by atoms with E-state index in [1.165, 1.54) is 7.11 Å². The van der Waals surface area contributed by atoms with E-state index < -0.39 is 22.6 Å². The Bertz CT molecular complexity index is 1330. The van der Waals surface area contributed by atoms with Crippen molar-refractivity contribution in [3.05, 3.63) is 56.3 Å². The molecule has 4 rings (SSSR count). The van der Waals surface area contributed by atoms with Gasteiger partial charge in [0, 0.05) is 22.7 Å². The highest BCUT2D eigenvalue weighted by Gasteiger charge is 2.37. The number of nitro benzene ring substituents is 1. The molecule has 1 aromatic heterocycles. The van der Waals surface area contributed by atoms with E-state index in [0.29, 0.717) is 28.6 Å². The molecule has 2 heterocycles. The lowest BCUT2D eigenvalue weighted by Gasteiger charge is -2.30. The lowest BCUT2D eigenvalue weighted by Crippen LogP contribution is -2.29. The van der Waals surface area contributed by atoms with Crippen molar-refractivity contribution < 1.29 is 23.9 Å². The van der Waals surface area contributed by atoms with Crippen LogP contribution in [0.15, 0.2) is 18.3 Å². The fraction of sp³-hybridized carbons (Fsp3) is 0.444. The predicted octanol–water partition coefficient (Wildman–Crippen LogP) is 6.02. The average Bonchev–Trinajstić information content (AvgIpc) is 3.17. The maximum absolute atomic E-state index is 13.1. The zero-order valence-corrected chi connectivity index (χ0v) is 21.3. The monoisotopic (exact) mass is 480 g/mol. The molecule has 1 atom stereocenters. The molecule has 0 fully saturated rings. The number of methoxy groups -OCH3 is 1. The summed E-state index contributed by atoms with van der Waals surface area (Å²) >= 11 is 0. The number of nitrogens with zero attached hydrogens (tertiary/aromatic N) is 1. The lowest BCUT2D eigenvalue weighted by atomic mass is 9.83. The fourth-order valence-electron chi connectivity index (χ4n) is 5.07. The number of carbonyl (C=O) groups is 1. The van der Waals surface area contributed by atoms with E-state index in [1.807, 2.05) is 46.8 Å². The number of benzene rings is 2. The van der Waals surface area contributed by atoms with Crippen LogP contribution in [-0.4, -0.2) is 35.2 Å². The molecule has 8 heteroatoms. The van der Waals surface area contributed by atoms with Gasteiger partial charge >= 0.3 is 5.97 Å². The number of ether oxygens (including phenoxy) is 3. The minimum Gasteiger partial charge on any atom is -0.493 e. The van der Waals surface area contributed by atoms with Crippen molar-refractivity contribution >= 4 is 22.6 Å². The quantitative estimate of drug-likeness (QED) is 0.272. The largest absolute Gasteiger partial charge is 0.493 e. The van der Waals surface area contributed by atoms with E-state index in [1.54, 1.807) is 13.1 Å². The maximum atomic E-state index is 13.1. The van der Waals surface area contributed by atoms with E-state index in [2.05, 4.69) is 4.98 Å². The molecule has 35 heavy (non-hydrogen) atoms. The molecule has 186 valence electrons. The normalized spacial score (nSPS) is 14.4. The summed E-state index contributed by atoms with van der Waals surface area (Å²) in [5.74, 6) is 0.250. The molecule has 2 aromatic carbocycles. The van der Waals surface area contributed by atoms with E-state index in [0.717, 1.165) is 46.4 Å². The molecule has 1 aliphatic heterocycles. The van der Waals surface area contributed by atoms with Crippen LogP contribution in [-0.2, 0) is 20.7 Å². The Hall–Kier alpha value is -3.39. The van der Waals surface area contributed by atoms with Crippen LogP contribution in [0.1, 0.15) is 61.1 Å². The molecule has 1 unspecified atom stereocenters. The Morgan fingerprint density at radius 2 is 1.91 bits per heavy atom. The van der Waals surface area contributed by atoms with Crippen molar-refractivity contribution in [2.75, 3.05) is 13.7 Å². The minimum absolute atomic E-state index is 0.0720. The number of rotatable bonds is 5. The van der Waals surface area contributed by atoms with E-state index in [4.69, 9.17) is 14.2 Å². The minimum atomic E-state index is -1.15. The van der Waals surface area contributed by atoms with E-state index >= 15 is 0 Å². The first-order valence-electron chi connectivity index (χ1n) is 11.8. The molecule has 1 aliphatic rings. The summed E-state index contributed by atoms with van der Waals surface area (Å²) < 4.78 is 17.3. The molecular formula is C27H32N2O6. The summed E-state index contributed by atoms with van der Waals surface area (Å²) in [5.41, 5.74) is 5.08. The first-order chi connectivity index (χ1) is 16.5. The molecule has 8 nitrogen and oxygen atoms in total. The van der Waals surface area contributed by atoms with Crippen molar-refractivity contribution in [1.82, 2.24) is 4.98 Å². The van der Waals surface area contributed by atoms with Gasteiger partial charge in [0.1, 0.15) is 11.3 Å². The Kier molecular flexibility index (Phi) is 6.36. The van der Waals surface area contributed by atoms with Gasteiger partial charge in [0.05, 0.1) is 24.2 Å². The Morgan fingerprint density at radius 1 is 1.20 bits per heavy atom. The molecule has 3 aromatic rings. The molecule has 0 saturated heterocycles. The van der Waals surface area contributed by atoms with Crippen molar-refractivity contribution in [3.8, 4) is 16.9 Å². The average molecular weight is 481 g/mol. The third kappa shape index (κ3) is 4.27. The Labute approximate surface area is 204 Å².